The first-order valence-electron chi connectivity index (χ1n) is 5.96. The summed E-state index contributed by atoms with van der Waals surface area (Å²) in [5, 5.41) is 9.37. The highest BCUT2D eigenvalue weighted by molar-refractivity contribution is 5.76. The number of esters is 1. The molecule has 6 heteroatoms. The molecule has 1 aromatic carbocycles. The van der Waals surface area contributed by atoms with Crippen LogP contribution < -0.4 is 10.5 Å². The van der Waals surface area contributed by atoms with Gasteiger partial charge in [-0.05, 0) is 18.1 Å². The Morgan fingerprint density at radius 1 is 1.53 bits per heavy atom. The predicted octanol–water partition coefficient (Wildman–Crippen LogP) is 0.677. The Morgan fingerprint density at radius 2 is 2.32 bits per heavy atom. The van der Waals surface area contributed by atoms with Gasteiger partial charge in [0.15, 0.2) is 0 Å². The smallest absolute Gasteiger partial charge is 0.311 e. The fourth-order valence-corrected chi connectivity index (χ4v) is 2.08. The molecule has 3 N–H and O–H groups in total. The highest BCUT2D eigenvalue weighted by atomic mass is 16.5. The first-order chi connectivity index (χ1) is 9.06. The van der Waals surface area contributed by atoms with Crippen LogP contribution in [-0.4, -0.2) is 30.2 Å². The summed E-state index contributed by atoms with van der Waals surface area (Å²) in [4.78, 5) is 22.0. The molecule has 19 heavy (non-hydrogen) atoms. The number of nitrogens with two attached hydrogens (primary N) is 1. The number of fused-ring (bicyclic) bond motifs is 1. The van der Waals surface area contributed by atoms with Crippen molar-refractivity contribution in [1.29, 1.82) is 0 Å². The number of benzene rings is 1. The van der Waals surface area contributed by atoms with Crippen molar-refractivity contribution in [1.82, 2.24) is 0 Å². The van der Waals surface area contributed by atoms with Crippen LogP contribution in [-0.2, 0) is 14.3 Å². The quantitative estimate of drug-likeness (QED) is 0.463. The Hall–Kier alpha value is -2.08. The number of rotatable bonds is 5. The number of primary amides is 1. The SMILES string of the molecule is NC(=O)COCCC1CC(=O)Oc2cc(O)ccc21. The second-order valence-electron chi connectivity index (χ2n) is 4.40. The third-order valence-corrected chi connectivity index (χ3v) is 2.93. The maximum absolute atomic E-state index is 11.5. The molecule has 0 radical (unpaired) electrons. The molecule has 0 fully saturated rings. The lowest BCUT2D eigenvalue weighted by Gasteiger charge is -2.24. The summed E-state index contributed by atoms with van der Waals surface area (Å²) >= 11 is 0. The molecule has 1 heterocycles. The van der Waals surface area contributed by atoms with Crippen LogP contribution in [0.1, 0.15) is 24.3 Å². The van der Waals surface area contributed by atoms with E-state index in [-0.39, 0.29) is 30.7 Å². The van der Waals surface area contributed by atoms with E-state index in [0.29, 0.717) is 18.8 Å². The van der Waals surface area contributed by atoms with E-state index in [1.165, 1.54) is 6.07 Å². The molecule has 0 saturated carbocycles. The van der Waals surface area contributed by atoms with E-state index < -0.39 is 5.91 Å². The fraction of sp³-hybridized carbons (Fsp3) is 0.385. The first kappa shape index (κ1) is 13.4. The Labute approximate surface area is 110 Å². The summed E-state index contributed by atoms with van der Waals surface area (Å²) in [6.45, 7) is 0.209. The van der Waals surface area contributed by atoms with E-state index in [0.717, 1.165) is 5.56 Å². The summed E-state index contributed by atoms with van der Waals surface area (Å²) in [5.41, 5.74) is 5.82. The lowest BCUT2D eigenvalue weighted by atomic mass is 9.90. The molecule has 0 aromatic heterocycles. The third kappa shape index (κ3) is 3.45. The normalized spacial score (nSPS) is 17.7. The Morgan fingerprint density at radius 3 is 3.05 bits per heavy atom. The van der Waals surface area contributed by atoms with E-state index >= 15 is 0 Å². The molecule has 0 bridgehead atoms. The van der Waals surface area contributed by atoms with Gasteiger partial charge in [-0.3, -0.25) is 9.59 Å². The number of carbonyl (C=O) groups excluding carboxylic acids is 2. The second kappa shape index (κ2) is 5.71. The molecule has 1 amide bonds. The van der Waals surface area contributed by atoms with Crippen LogP contribution in [0, 0.1) is 0 Å². The van der Waals surface area contributed by atoms with Crippen molar-refractivity contribution < 1.29 is 24.2 Å². The van der Waals surface area contributed by atoms with Crippen molar-refractivity contribution in [2.24, 2.45) is 5.73 Å². The number of aromatic hydroxyl groups is 1. The highest BCUT2D eigenvalue weighted by Crippen LogP contribution is 2.38. The molecule has 102 valence electrons. The number of hydrogen-bond acceptors (Lipinski definition) is 5. The van der Waals surface area contributed by atoms with E-state index in [9.17, 15) is 14.7 Å². The summed E-state index contributed by atoms with van der Waals surface area (Å²) in [6, 6.07) is 4.70. The molecule has 0 spiro atoms. The molecule has 1 unspecified atom stereocenters. The van der Waals surface area contributed by atoms with Crippen LogP contribution in [0.25, 0.3) is 0 Å². The van der Waals surface area contributed by atoms with Crippen molar-refractivity contribution in [2.45, 2.75) is 18.8 Å². The number of carbonyl (C=O) groups is 2. The minimum Gasteiger partial charge on any atom is -0.508 e. The minimum atomic E-state index is -0.520. The summed E-state index contributed by atoms with van der Waals surface area (Å²) < 4.78 is 10.2. The van der Waals surface area contributed by atoms with Crippen molar-refractivity contribution in [2.75, 3.05) is 13.2 Å². The lowest BCUT2D eigenvalue weighted by Crippen LogP contribution is -2.22. The Kier molecular flexibility index (Phi) is 4.01. The van der Waals surface area contributed by atoms with E-state index in [1.54, 1.807) is 12.1 Å². The number of ether oxygens (including phenoxy) is 2. The van der Waals surface area contributed by atoms with Crippen molar-refractivity contribution in [3.63, 3.8) is 0 Å². The molecular formula is C13H15NO5. The maximum atomic E-state index is 11.5. The Bertz CT molecular complexity index is 500. The number of phenols is 1. The molecule has 1 atom stereocenters. The van der Waals surface area contributed by atoms with Gasteiger partial charge >= 0.3 is 5.97 Å². The van der Waals surface area contributed by atoms with Gasteiger partial charge < -0.3 is 20.3 Å². The zero-order valence-electron chi connectivity index (χ0n) is 10.3. The van der Waals surface area contributed by atoms with E-state index in [1.807, 2.05) is 0 Å². The number of amides is 1. The van der Waals surface area contributed by atoms with Gasteiger partial charge in [-0.1, -0.05) is 6.07 Å². The van der Waals surface area contributed by atoms with Crippen LogP contribution in [0.2, 0.25) is 0 Å². The van der Waals surface area contributed by atoms with E-state index in [2.05, 4.69) is 0 Å². The first-order valence-corrected chi connectivity index (χ1v) is 5.96. The zero-order valence-corrected chi connectivity index (χ0v) is 10.3. The summed E-state index contributed by atoms with van der Waals surface area (Å²) in [5.74, 6) is -0.454. The molecule has 1 aliphatic rings. The molecule has 1 aromatic rings. The van der Waals surface area contributed by atoms with Gasteiger partial charge in [0.1, 0.15) is 18.1 Å². The minimum absolute atomic E-state index is 0.0373. The lowest BCUT2D eigenvalue weighted by molar-refractivity contribution is -0.136. The molecule has 1 aliphatic heterocycles. The molecule has 6 nitrogen and oxygen atoms in total. The molecular weight excluding hydrogens is 250 g/mol. The van der Waals surface area contributed by atoms with Crippen molar-refractivity contribution in [3.8, 4) is 11.5 Å². The predicted molar refractivity (Wildman–Crippen MR) is 65.7 cm³/mol. The standard InChI is InChI=1S/C13H15NO5/c14-12(16)7-18-4-3-8-5-13(17)19-11-6-9(15)1-2-10(8)11/h1-2,6,8,15H,3-5,7H2,(H2,14,16). The largest absolute Gasteiger partial charge is 0.508 e. The van der Waals surface area contributed by atoms with Gasteiger partial charge in [0.2, 0.25) is 5.91 Å². The van der Waals surface area contributed by atoms with Crippen LogP contribution in [0.3, 0.4) is 0 Å². The summed E-state index contributed by atoms with van der Waals surface area (Å²) in [6.07, 6.45) is 0.845. The van der Waals surface area contributed by atoms with Gasteiger partial charge in [-0.15, -0.1) is 0 Å². The Balaban J connectivity index is 2.02. The van der Waals surface area contributed by atoms with Crippen LogP contribution >= 0.6 is 0 Å². The number of hydrogen-bond donors (Lipinski definition) is 2. The van der Waals surface area contributed by atoms with Crippen LogP contribution in [0.15, 0.2) is 18.2 Å². The topological polar surface area (TPSA) is 98.9 Å². The van der Waals surface area contributed by atoms with Crippen LogP contribution in [0.4, 0.5) is 0 Å². The highest BCUT2D eigenvalue weighted by Gasteiger charge is 2.27. The van der Waals surface area contributed by atoms with Gasteiger partial charge in [-0.25, -0.2) is 0 Å². The van der Waals surface area contributed by atoms with Gasteiger partial charge in [0.25, 0.3) is 0 Å². The van der Waals surface area contributed by atoms with Crippen molar-refractivity contribution in [3.05, 3.63) is 23.8 Å². The van der Waals surface area contributed by atoms with E-state index in [4.69, 9.17) is 15.2 Å². The fourth-order valence-electron chi connectivity index (χ4n) is 2.08. The second-order valence-corrected chi connectivity index (χ2v) is 4.40. The van der Waals surface area contributed by atoms with Crippen molar-refractivity contribution >= 4 is 11.9 Å². The summed E-state index contributed by atoms with van der Waals surface area (Å²) in [7, 11) is 0. The molecule has 2 rings (SSSR count). The van der Waals surface area contributed by atoms with Gasteiger partial charge in [0.05, 0.1) is 6.42 Å². The molecule has 0 saturated heterocycles. The van der Waals surface area contributed by atoms with Gasteiger partial charge in [0, 0.05) is 18.6 Å². The number of phenolic OH excluding ortho intramolecular Hbond substituents is 1. The third-order valence-electron chi connectivity index (χ3n) is 2.93. The van der Waals surface area contributed by atoms with Gasteiger partial charge in [-0.2, -0.15) is 0 Å². The average Bonchev–Trinajstić information content (AvgIpc) is 2.33. The van der Waals surface area contributed by atoms with Crippen LogP contribution in [0.5, 0.6) is 11.5 Å². The maximum Gasteiger partial charge on any atom is 0.311 e. The monoisotopic (exact) mass is 265 g/mol. The average molecular weight is 265 g/mol. The molecule has 0 aliphatic carbocycles. The zero-order chi connectivity index (χ0) is 13.8.